The van der Waals surface area contributed by atoms with Gasteiger partial charge in [-0.2, -0.15) is 0 Å². The summed E-state index contributed by atoms with van der Waals surface area (Å²) in [6.07, 6.45) is 1.57. The van der Waals surface area contributed by atoms with Crippen molar-refractivity contribution in [2.24, 2.45) is 5.92 Å². The van der Waals surface area contributed by atoms with Crippen LogP contribution in [0.25, 0.3) is 0 Å². The highest BCUT2D eigenvalue weighted by atomic mass is 79.9. The number of rotatable bonds is 3. The number of hydrogen-bond donors (Lipinski definition) is 1. The summed E-state index contributed by atoms with van der Waals surface area (Å²) in [6, 6.07) is 8.30. The summed E-state index contributed by atoms with van der Waals surface area (Å²) in [5, 5.41) is 3.38. The summed E-state index contributed by atoms with van der Waals surface area (Å²) >= 11 is 3.47. The highest BCUT2D eigenvalue weighted by molar-refractivity contribution is 9.10. The standard InChI is InChI=1S/C13H18BrNO/c1-10-5-6-15-8-13(10)16-9-11-3-2-4-12(14)7-11/h2-4,7,10,13,15H,5-6,8-9H2,1H3. The van der Waals surface area contributed by atoms with Crippen molar-refractivity contribution in [1.82, 2.24) is 5.32 Å². The molecule has 2 nitrogen and oxygen atoms in total. The number of ether oxygens (including phenoxy) is 1. The summed E-state index contributed by atoms with van der Waals surface area (Å²) < 4.78 is 7.07. The molecule has 1 fully saturated rings. The molecule has 2 unspecified atom stereocenters. The van der Waals surface area contributed by atoms with Gasteiger partial charge in [-0.05, 0) is 36.6 Å². The number of piperidine rings is 1. The van der Waals surface area contributed by atoms with Crippen LogP contribution >= 0.6 is 15.9 Å². The van der Waals surface area contributed by atoms with E-state index in [0.29, 0.717) is 18.6 Å². The molecule has 3 heteroatoms. The van der Waals surface area contributed by atoms with Crippen molar-refractivity contribution >= 4 is 15.9 Å². The second-order valence-corrected chi connectivity index (χ2v) is 5.37. The van der Waals surface area contributed by atoms with E-state index in [9.17, 15) is 0 Å². The lowest BCUT2D eigenvalue weighted by atomic mass is 9.97. The predicted octanol–water partition coefficient (Wildman–Crippen LogP) is 2.96. The van der Waals surface area contributed by atoms with Gasteiger partial charge in [0.15, 0.2) is 0 Å². The Bertz CT molecular complexity index is 342. The maximum Gasteiger partial charge on any atom is 0.0729 e. The van der Waals surface area contributed by atoms with E-state index in [-0.39, 0.29) is 0 Å². The Kier molecular flexibility index (Phi) is 4.38. The summed E-state index contributed by atoms with van der Waals surface area (Å²) in [6.45, 7) is 5.08. The van der Waals surface area contributed by atoms with Crippen molar-refractivity contribution in [2.75, 3.05) is 13.1 Å². The molecule has 2 atom stereocenters. The molecule has 1 saturated heterocycles. The average Bonchev–Trinajstić information content (AvgIpc) is 2.28. The number of hydrogen-bond acceptors (Lipinski definition) is 2. The largest absolute Gasteiger partial charge is 0.372 e. The van der Waals surface area contributed by atoms with Gasteiger partial charge in [0.2, 0.25) is 0 Å². The molecule has 1 N–H and O–H groups in total. The van der Waals surface area contributed by atoms with Gasteiger partial charge in [0.1, 0.15) is 0 Å². The Morgan fingerprint density at radius 1 is 1.50 bits per heavy atom. The second-order valence-electron chi connectivity index (χ2n) is 4.45. The Balaban J connectivity index is 1.86. The molecule has 0 saturated carbocycles. The monoisotopic (exact) mass is 283 g/mol. The lowest BCUT2D eigenvalue weighted by Gasteiger charge is -2.29. The number of benzene rings is 1. The van der Waals surface area contributed by atoms with Gasteiger partial charge in [-0.15, -0.1) is 0 Å². The maximum absolute atomic E-state index is 5.95. The molecule has 0 spiro atoms. The smallest absolute Gasteiger partial charge is 0.0729 e. The summed E-state index contributed by atoms with van der Waals surface area (Å²) in [5.74, 6) is 0.661. The first-order chi connectivity index (χ1) is 7.75. The zero-order valence-corrected chi connectivity index (χ0v) is 11.2. The minimum atomic E-state index is 0.354. The lowest BCUT2D eigenvalue weighted by Crippen LogP contribution is -2.40. The molecule has 1 heterocycles. The van der Waals surface area contributed by atoms with Crippen LogP contribution in [0.3, 0.4) is 0 Å². The van der Waals surface area contributed by atoms with Crippen LogP contribution in [0, 0.1) is 5.92 Å². The number of halogens is 1. The van der Waals surface area contributed by atoms with Crippen LogP contribution in [-0.2, 0) is 11.3 Å². The Morgan fingerprint density at radius 3 is 3.12 bits per heavy atom. The molecule has 0 aliphatic carbocycles. The minimum Gasteiger partial charge on any atom is -0.372 e. The van der Waals surface area contributed by atoms with Gasteiger partial charge in [0.05, 0.1) is 12.7 Å². The van der Waals surface area contributed by atoms with Crippen molar-refractivity contribution in [1.29, 1.82) is 0 Å². The Morgan fingerprint density at radius 2 is 2.38 bits per heavy atom. The van der Waals surface area contributed by atoms with Gasteiger partial charge in [0, 0.05) is 11.0 Å². The van der Waals surface area contributed by atoms with Gasteiger partial charge in [-0.25, -0.2) is 0 Å². The predicted molar refractivity (Wildman–Crippen MR) is 69.4 cm³/mol. The molecule has 2 rings (SSSR count). The van der Waals surface area contributed by atoms with Crippen molar-refractivity contribution in [3.8, 4) is 0 Å². The third-order valence-corrected chi connectivity index (χ3v) is 3.60. The van der Waals surface area contributed by atoms with Crippen molar-refractivity contribution < 1.29 is 4.74 Å². The minimum absolute atomic E-state index is 0.354. The quantitative estimate of drug-likeness (QED) is 0.921. The van der Waals surface area contributed by atoms with Gasteiger partial charge >= 0.3 is 0 Å². The molecule has 1 aliphatic rings. The SMILES string of the molecule is CC1CCNCC1OCc1cccc(Br)c1. The third kappa shape index (κ3) is 3.30. The molecule has 88 valence electrons. The second kappa shape index (κ2) is 5.80. The van der Waals surface area contributed by atoms with Crippen LogP contribution in [0.4, 0.5) is 0 Å². The van der Waals surface area contributed by atoms with Crippen molar-refractivity contribution in [2.45, 2.75) is 26.1 Å². The van der Waals surface area contributed by atoms with Crippen LogP contribution in [0.2, 0.25) is 0 Å². The van der Waals surface area contributed by atoms with E-state index < -0.39 is 0 Å². The fourth-order valence-electron chi connectivity index (χ4n) is 2.01. The summed E-state index contributed by atoms with van der Waals surface area (Å²) in [4.78, 5) is 0. The van der Waals surface area contributed by atoms with Gasteiger partial charge in [-0.1, -0.05) is 35.0 Å². The first-order valence-corrected chi connectivity index (χ1v) is 6.62. The van der Waals surface area contributed by atoms with E-state index in [2.05, 4.69) is 40.3 Å². The molecule has 1 aromatic carbocycles. The molecule has 0 radical (unpaired) electrons. The highest BCUT2D eigenvalue weighted by Crippen LogP contribution is 2.18. The zero-order chi connectivity index (χ0) is 11.4. The van der Waals surface area contributed by atoms with Crippen molar-refractivity contribution in [3.63, 3.8) is 0 Å². The molecular weight excluding hydrogens is 266 g/mol. The lowest BCUT2D eigenvalue weighted by molar-refractivity contribution is -0.00659. The topological polar surface area (TPSA) is 21.3 Å². The normalized spacial score (nSPS) is 25.6. The molecule has 0 amide bonds. The summed E-state index contributed by atoms with van der Waals surface area (Å²) in [5.41, 5.74) is 1.23. The van der Waals surface area contributed by atoms with E-state index in [4.69, 9.17) is 4.74 Å². The van der Waals surface area contributed by atoms with Crippen LogP contribution in [-0.4, -0.2) is 19.2 Å². The Hall–Kier alpha value is -0.380. The molecule has 0 aromatic heterocycles. The van der Waals surface area contributed by atoms with Crippen LogP contribution in [0.5, 0.6) is 0 Å². The first kappa shape index (κ1) is 12.1. The van der Waals surface area contributed by atoms with Crippen LogP contribution in [0.1, 0.15) is 18.9 Å². The molecular formula is C13H18BrNO. The molecule has 16 heavy (non-hydrogen) atoms. The fourth-order valence-corrected chi connectivity index (χ4v) is 2.46. The van der Waals surface area contributed by atoms with Gasteiger partial charge in [-0.3, -0.25) is 0 Å². The summed E-state index contributed by atoms with van der Waals surface area (Å²) in [7, 11) is 0. The number of nitrogens with one attached hydrogen (secondary N) is 1. The maximum atomic E-state index is 5.95. The van der Waals surface area contributed by atoms with E-state index in [1.54, 1.807) is 0 Å². The first-order valence-electron chi connectivity index (χ1n) is 5.82. The van der Waals surface area contributed by atoms with E-state index in [1.165, 1.54) is 12.0 Å². The zero-order valence-electron chi connectivity index (χ0n) is 9.58. The highest BCUT2D eigenvalue weighted by Gasteiger charge is 2.21. The van der Waals surface area contributed by atoms with Crippen molar-refractivity contribution in [3.05, 3.63) is 34.3 Å². The van der Waals surface area contributed by atoms with E-state index in [1.807, 2.05) is 12.1 Å². The van der Waals surface area contributed by atoms with Gasteiger partial charge in [0.25, 0.3) is 0 Å². The molecule has 1 aliphatic heterocycles. The van der Waals surface area contributed by atoms with Gasteiger partial charge < -0.3 is 10.1 Å². The fraction of sp³-hybridized carbons (Fsp3) is 0.538. The molecule has 1 aromatic rings. The van der Waals surface area contributed by atoms with Crippen LogP contribution in [0.15, 0.2) is 28.7 Å². The van der Waals surface area contributed by atoms with E-state index >= 15 is 0 Å². The Labute approximate surface area is 106 Å². The average molecular weight is 284 g/mol. The molecule has 0 bridgehead atoms. The van der Waals surface area contributed by atoms with Crippen LogP contribution < -0.4 is 5.32 Å². The third-order valence-electron chi connectivity index (χ3n) is 3.11. The van der Waals surface area contributed by atoms with E-state index in [0.717, 1.165) is 17.6 Å².